The van der Waals surface area contributed by atoms with Crippen molar-refractivity contribution in [3.05, 3.63) is 0 Å². The van der Waals surface area contributed by atoms with Crippen molar-refractivity contribution in [2.24, 2.45) is 5.92 Å². The van der Waals surface area contributed by atoms with Crippen molar-refractivity contribution in [1.82, 2.24) is 0 Å². The highest BCUT2D eigenvalue weighted by molar-refractivity contribution is 14.1. The van der Waals surface area contributed by atoms with Crippen LogP contribution in [0.2, 0.25) is 0 Å². The van der Waals surface area contributed by atoms with Crippen molar-refractivity contribution in [2.45, 2.75) is 23.2 Å². The number of alkyl halides is 2. The molecule has 0 aromatic heterocycles. The Morgan fingerprint density at radius 3 is 2.38 bits per heavy atom. The molecule has 0 heterocycles. The van der Waals surface area contributed by atoms with Gasteiger partial charge in [-0.3, -0.25) is 0 Å². The Balaban J connectivity index is 2.22. The van der Waals surface area contributed by atoms with Gasteiger partial charge in [0.15, 0.2) is 0 Å². The van der Waals surface area contributed by atoms with Crippen LogP contribution in [0.1, 0.15) is 19.3 Å². The predicted molar refractivity (Wildman–Crippen MR) is 54.0 cm³/mol. The Labute approximate surface area is 78.1 Å². The lowest BCUT2D eigenvalue weighted by molar-refractivity contribution is 0.635. The molecule has 0 spiro atoms. The number of hydrogen-bond donors (Lipinski definition) is 0. The minimum absolute atomic E-state index is 0.993. The lowest BCUT2D eigenvalue weighted by Crippen LogP contribution is -1.94. The third kappa shape index (κ3) is 2.01. The quantitative estimate of drug-likeness (QED) is 0.510. The molecule has 0 bridgehead atoms. The first-order chi connectivity index (χ1) is 3.83. The molecule has 0 saturated heterocycles. The SMILES string of the molecule is ICC1CC[C@H](I)C1. The van der Waals surface area contributed by atoms with Gasteiger partial charge in [0.05, 0.1) is 0 Å². The van der Waals surface area contributed by atoms with E-state index in [0.29, 0.717) is 0 Å². The number of halogens is 2. The molecule has 0 aromatic rings. The standard InChI is InChI=1S/C6H10I2/c7-4-5-1-2-6(8)3-5/h5-6H,1-4H2/t5?,6-/m0/s1. The average molecular weight is 336 g/mol. The Morgan fingerprint density at radius 2 is 2.12 bits per heavy atom. The van der Waals surface area contributed by atoms with Crippen LogP contribution >= 0.6 is 45.2 Å². The minimum atomic E-state index is 0.993. The highest BCUT2D eigenvalue weighted by Gasteiger charge is 2.20. The van der Waals surface area contributed by atoms with E-state index >= 15 is 0 Å². The Morgan fingerprint density at radius 1 is 1.38 bits per heavy atom. The van der Waals surface area contributed by atoms with Gasteiger partial charge in [-0.1, -0.05) is 45.2 Å². The monoisotopic (exact) mass is 336 g/mol. The van der Waals surface area contributed by atoms with Gasteiger partial charge in [-0.15, -0.1) is 0 Å². The molecule has 0 nitrogen and oxygen atoms in total. The first kappa shape index (κ1) is 7.57. The predicted octanol–water partition coefficient (Wildman–Crippen LogP) is 3.03. The molecule has 1 rings (SSSR count). The molecular formula is C6H10I2. The summed E-state index contributed by atoms with van der Waals surface area (Å²) >= 11 is 5.06. The van der Waals surface area contributed by atoms with Crippen molar-refractivity contribution in [1.29, 1.82) is 0 Å². The maximum Gasteiger partial charge on any atom is 0.0113 e. The van der Waals surface area contributed by atoms with Gasteiger partial charge in [0, 0.05) is 8.35 Å². The highest BCUT2D eigenvalue weighted by atomic mass is 127. The van der Waals surface area contributed by atoms with Crippen LogP contribution in [0, 0.1) is 5.92 Å². The summed E-state index contributed by atoms with van der Waals surface area (Å²) < 4.78 is 2.37. The summed E-state index contributed by atoms with van der Waals surface area (Å²) in [5.74, 6) is 1.05. The summed E-state index contributed by atoms with van der Waals surface area (Å²) in [6, 6.07) is 0. The fourth-order valence-corrected chi connectivity index (χ4v) is 3.03. The minimum Gasteiger partial charge on any atom is -0.0861 e. The Bertz CT molecular complexity index is 72.9. The molecule has 1 aliphatic rings. The van der Waals surface area contributed by atoms with Gasteiger partial charge < -0.3 is 0 Å². The lowest BCUT2D eigenvalue weighted by atomic mass is 10.1. The summed E-state index contributed by atoms with van der Waals surface area (Å²) in [6.45, 7) is 0. The van der Waals surface area contributed by atoms with Gasteiger partial charge in [-0.2, -0.15) is 0 Å². The molecule has 2 heteroatoms. The Kier molecular flexibility index (Phi) is 3.39. The topological polar surface area (TPSA) is 0 Å². The Hall–Kier alpha value is 1.46. The van der Waals surface area contributed by atoms with E-state index in [9.17, 15) is 0 Å². The van der Waals surface area contributed by atoms with Crippen LogP contribution in [0.4, 0.5) is 0 Å². The van der Waals surface area contributed by atoms with Gasteiger partial charge in [-0.05, 0) is 25.2 Å². The smallest absolute Gasteiger partial charge is 0.0113 e. The van der Waals surface area contributed by atoms with Crippen LogP contribution in [-0.2, 0) is 0 Å². The van der Waals surface area contributed by atoms with Crippen LogP contribution in [0.3, 0.4) is 0 Å². The maximum absolute atomic E-state index is 2.57. The second-order valence-corrected chi connectivity index (χ2v) is 5.07. The van der Waals surface area contributed by atoms with E-state index in [1.54, 1.807) is 0 Å². The first-order valence-corrected chi connectivity index (χ1v) is 5.80. The third-order valence-electron chi connectivity index (χ3n) is 1.70. The van der Waals surface area contributed by atoms with E-state index < -0.39 is 0 Å². The van der Waals surface area contributed by atoms with Crippen LogP contribution in [0.15, 0.2) is 0 Å². The molecule has 1 saturated carbocycles. The summed E-state index contributed by atoms with van der Waals surface area (Å²) in [4.78, 5) is 0. The van der Waals surface area contributed by atoms with Crippen LogP contribution in [-0.4, -0.2) is 8.35 Å². The molecule has 0 N–H and O–H groups in total. The third-order valence-corrected chi connectivity index (χ3v) is 4.07. The van der Waals surface area contributed by atoms with E-state index in [1.807, 2.05) is 0 Å². The lowest BCUT2D eigenvalue weighted by Gasteiger charge is -2.00. The van der Waals surface area contributed by atoms with Crippen molar-refractivity contribution >= 4 is 45.2 Å². The molecule has 1 fully saturated rings. The first-order valence-electron chi connectivity index (χ1n) is 3.03. The normalized spacial score (nSPS) is 38.2. The highest BCUT2D eigenvalue weighted by Crippen LogP contribution is 2.31. The van der Waals surface area contributed by atoms with Crippen molar-refractivity contribution in [3.8, 4) is 0 Å². The number of hydrogen-bond acceptors (Lipinski definition) is 0. The van der Waals surface area contributed by atoms with Gasteiger partial charge in [0.2, 0.25) is 0 Å². The molecule has 0 aliphatic heterocycles. The van der Waals surface area contributed by atoms with Gasteiger partial charge >= 0.3 is 0 Å². The molecule has 0 radical (unpaired) electrons. The van der Waals surface area contributed by atoms with E-state index in [-0.39, 0.29) is 0 Å². The van der Waals surface area contributed by atoms with Gasteiger partial charge in [-0.25, -0.2) is 0 Å². The second kappa shape index (κ2) is 3.58. The second-order valence-electron chi connectivity index (χ2n) is 2.43. The summed E-state index contributed by atoms with van der Waals surface area (Å²) in [7, 11) is 0. The van der Waals surface area contributed by atoms with E-state index in [1.165, 1.54) is 23.7 Å². The largest absolute Gasteiger partial charge is 0.0861 e. The molecule has 2 atom stereocenters. The van der Waals surface area contributed by atoms with Crippen molar-refractivity contribution < 1.29 is 0 Å². The zero-order chi connectivity index (χ0) is 5.98. The van der Waals surface area contributed by atoms with Gasteiger partial charge in [0.25, 0.3) is 0 Å². The molecule has 1 aliphatic carbocycles. The molecular weight excluding hydrogens is 326 g/mol. The maximum atomic E-state index is 2.57. The van der Waals surface area contributed by atoms with E-state index in [0.717, 1.165) is 9.84 Å². The van der Waals surface area contributed by atoms with Crippen molar-refractivity contribution in [3.63, 3.8) is 0 Å². The summed E-state index contributed by atoms with van der Waals surface area (Å²) in [5.41, 5.74) is 0. The van der Waals surface area contributed by atoms with E-state index in [2.05, 4.69) is 45.2 Å². The van der Waals surface area contributed by atoms with Crippen LogP contribution in [0.5, 0.6) is 0 Å². The number of rotatable bonds is 1. The molecule has 0 aromatic carbocycles. The molecule has 1 unspecified atom stereocenters. The molecule has 0 amide bonds. The zero-order valence-corrected chi connectivity index (χ0v) is 9.05. The fraction of sp³-hybridized carbons (Fsp3) is 1.00. The summed E-state index contributed by atoms with van der Waals surface area (Å²) in [6.07, 6.45) is 4.42. The molecule has 48 valence electrons. The van der Waals surface area contributed by atoms with E-state index in [4.69, 9.17) is 0 Å². The van der Waals surface area contributed by atoms with Crippen LogP contribution in [0.25, 0.3) is 0 Å². The average Bonchev–Trinajstić information content (AvgIpc) is 2.14. The summed E-state index contributed by atoms with van der Waals surface area (Å²) in [5, 5.41) is 0. The van der Waals surface area contributed by atoms with Crippen molar-refractivity contribution in [2.75, 3.05) is 4.43 Å². The fourth-order valence-electron chi connectivity index (χ4n) is 1.15. The van der Waals surface area contributed by atoms with Crippen LogP contribution < -0.4 is 0 Å². The van der Waals surface area contributed by atoms with Gasteiger partial charge in [0.1, 0.15) is 0 Å². The zero-order valence-electron chi connectivity index (χ0n) is 4.74. The molecule has 8 heavy (non-hydrogen) atoms.